The minimum Gasteiger partial charge on any atom is -0.508 e. The average molecular weight is 635 g/mol. The summed E-state index contributed by atoms with van der Waals surface area (Å²) in [6.45, 7) is 0. The molecular weight excluding hydrogens is 600 g/mol. The van der Waals surface area contributed by atoms with Crippen molar-refractivity contribution < 1.29 is 24.3 Å². The molecule has 2 saturated carbocycles. The number of anilines is 1. The van der Waals surface area contributed by atoms with Crippen molar-refractivity contribution in [2.75, 3.05) is 4.90 Å². The van der Waals surface area contributed by atoms with Crippen molar-refractivity contribution in [1.29, 1.82) is 0 Å². The topological polar surface area (TPSA) is 95.0 Å². The zero-order valence-corrected chi connectivity index (χ0v) is 26.1. The highest BCUT2D eigenvalue weighted by Crippen LogP contribution is 2.64. The molecule has 0 unspecified atom stereocenters. The van der Waals surface area contributed by atoms with Crippen LogP contribution in [0.2, 0.25) is 5.02 Å². The highest BCUT2D eigenvalue weighted by Gasteiger charge is 2.70. The number of aromatic hydroxyl groups is 1. The third kappa shape index (κ3) is 4.10. The quantitative estimate of drug-likeness (QED) is 0.260. The normalized spacial score (nSPS) is 31.1. The molecule has 0 radical (unpaired) electrons. The number of imide groups is 2. The van der Waals surface area contributed by atoms with Crippen molar-refractivity contribution in [1.82, 2.24) is 4.90 Å². The maximum absolute atomic E-state index is 15.2. The van der Waals surface area contributed by atoms with Gasteiger partial charge in [-0.25, -0.2) is 4.90 Å². The van der Waals surface area contributed by atoms with Gasteiger partial charge in [0.2, 0.25) is 23.6 Å². The number of hydrogen-bond acceptors (Lipinski definition) is 5. The fourth-order valence-corrected chi connectivity index (χ4v) is 9.69. The van der Waals surface area contributed by atoms with E-state index in [0.717, 1.165) is 48.8 Å². The Kier molecular flexibility index (Phi) is 6.94. The van der Waals surface area contributed by atoms with Gasteiger partial charge in [0.05, 0.1) is 28.9 Å². The van der Waals surface area contributed by atoms with E-state index in [4.69, 9.17) is 11.6 Å². The lowest BCUT2D eigenvalue weighted by atomic mass is 9.49. The van der Waals surface area contributed by atoms with Crippen molar-refractivity contribution in [3.8, 4) is 5.75 Å². The molecule has 234 valence electrons. The lowest BCUT2D eigenvalue weighted by Gasteiger charge is -2.50. The predicted octanol–water partition coefficient (Wildman–Crippen LogP) is 6.54. The zero-order valence-electron chi connectivity index (χ0n) is 25.3. The number of amides is 4. The smallest absolute Gasteiger partial charge is 0.246 e. The van der Waals surface area contributed by atoms with Gasteiger partial charge in [0, 0.05) is 17.0 Å². The number of hydrogen-bond donors (Lipinski definition) is 1. The van der Waals surface area contributed by atoms with E-state index in [0.29, 0.717) is 17.1 Å². The van der Waals surface area contributed by atoms with Crippen LogP contribution in [0.25, 0.3) is 0 Å². The maximum Gasteiger partial charge on any atom is 0.246 e. The molecule has 2 saturated heterocycles. The van der Waals surface area contributed by atoms with Crippen LogP contribution < -0.4 is 4.90 Å². The molecule has 46 heavy (non-hydrogen) atoms. The van der Waals surface area contributed by atoms with Gasteiger partial charge in [0.1, 0.15) is 5.75 Å². The van der Waals surface area contributed by atoms with Gasteiger partial charge in [-0.1, -0.05) is 91.0 Å². The highest BCUT2D eigenvalue weighted by molar-refractivity contribution is 6.32. The molecular formula is C38H35ClN2O5. The summed E-state index contributed by atoms with van der Waals surface area (Å²) < 4.78 is 0. The zero-order chi connectivity index (χ0) is 31.7. The summed E-state index contributed by atoms with van der Waals surface area (Å²) in [7, 11) is 0. The van der Waals surface area contributed by atoms with Gasteiger partial charge in [0.15, 0.2) is 0 Å². The molecule has 2 heterocycles. The van der Waals surface area contributed by atoms with Crippen LogP contribution in [0, 0.1) is 23.7 Å². The molecule has 0 bridgehead atoms. The minimum atomic E-state index is -1.32. The van der Waals surface area contributed by atoms with E-state index < -0.39 is 29.1 Å². The van der Waals surface area contributed by atoms with Crippen molar-refractivity contribution in [2.45, 2.75) is 62.3 Å². The Morgan fingerprint density at radius 2 is 1.52 bits per heavy atom. The minimum absolute atomic E-state index is 0.0734. The van der Waals surface area contributed by atoms with Crippen LogP contribution in [0.1, 0.15) is 62.0 Å². The molecule has 3 aromatic carbocycles. The Hall–Kier alpha value is -4.23. The number of phenols is 1. The summed E-state index contributed by atoms with van der Waals surface area (Å²) in [5.74, 6) is -3.63. The van der Waals surface area contributed by atoms with Crippen LogP contribution >= 0.6 is 11.6 Å². The number of likely N-dealkylation sites (tertiary alicyclic amines) is 1. The van der Waals surface area contributed by atoms with Crippen molar-refractivity contribution in [3.05, 3.63) is 107 Å². The molecule has 8 heteroatoms. The van der Waals surface area contributed by atoms with E-state index in [1.54, 1.807) is 41.3 Å². The maximum atomic E-state index is 15.2. The van der Waals surface area contributed by atoms with Crippen molar-refractivity contribution in [2.24, 2.45) is 23.7 Å². The molecule has 4 amide bonds. The number of rotatable bonds is 4. The molecule has 3 aromatic rings. The van der Waals surface area contributed by atoms with Gasteiger partial charge < -0.3 is 5.11 Å². The number of allylic oxidation sites excluding steroid dienone is 2. The van der Waals surface area contributed by atoms with Gasteiger partial charge in [-0.05, 0) is 73.1 Å². The van der Waals surface area contributed by atoms with Crippen LogP contribution in [0.4, 0.5) is 5.69 Å². The van der Waals surface area contributed by atoms with E-state index in [1.807, 2.05) is 42.5 Å². The van der Waals surface area contributed by atoms with E-state index in [1.165, 1.54) is 4.90 Å². The SMILES string of the molecule is O=C1[C@@H]2C[C@@H]3C(=CC[C@@H]4C(=O)N(C5CCCCC5)C(=O)[C@@H]43)[C@H](c3ccc(O)cc3)[C@]2(c2ccccc2)C(=O)N1c1cccc(Cl)c1. The Bertz CT molecular complexity index is 1780. The van der Waals surface area contributed by atoms with E-state index >= 15 is 4.79 Å². The monoisotopic (exact) mass is 634 g/mol. The Morgan fingerprint density at radius 1 is 0.783 bits per heavy atom. The van der Waals surface area contributed by atoms with E-state index in [9.17, 15) is 19.5 Å². The number of carbonyl (C=O) groups is 4. The van der Waals surface area contributed by atoms with Crippen molar-refractivity contribution >= 4 is 40.9 Å². The van der Waals surface area contributed by atoms with Crippen LogP contribution in [-0.4, -0.2) is 39.7 Å². The van der Waals surface area contributed by atoms with Gasteiger partial charge in [-0.15, -0.1) is 0 Å². The number of phenolic OH excluding ortho intramolecular Hbond substituents is 1. The molecule has 0 spiro atoms. The standard InChI is InChI=1S/C38H35ClN2O5/c39-24-10-7-13-26(20-24)41-35(44)31-21-30-28(18-19-29-32(30)36(45)40(34(29)43)25-11-5-2-6-12-25)33(22-14-16-27(42)17-15-22)38(31,37(41)46)23-8-3-1-4-9-23/h1,3-4,7-10,13-18,20,25,29-33,42H,2,5-6,11-12,19,21H2/t29-,30+,31-,32-,33-,38+/m0/s1. The molecule has 2 aliphatic heterocycles. The fourth-order valence-electron chi connectivity index (χ4n) is 9.51. The molecule has 5 aliphatic rings. The number of benzene rings is 3. The largest absolute Gasteiger partial charge is 0.508 e. The lowest BCUT2D eigenvalue weighted by molar-refractivity contribution is -0.143. The number of fused-ring (bicyclic) bond motifs is 4. The second kappa shape index (κ2) is 10.9. The first-order valence-electron chi connectivity index (χ1n) is 16.4. The third-order valence-electron chi connectivity index (χ3n) is 11.4. The van der Waals surface area contributed by atoms with Crippen molar-refractivity contribution in [3.63, 3.8) is 0 Å². The summed E-state index contributed by atoms with van der Waals surface area (Å²) in [4.78, 5) is 61.0. The van der Waals surface area contributed by atoms with Gasteiger partial charge in [0.25, 0.3) is 0 Å². The number of carbonyl (C=O) groups excluding carboxylic acids is 4. The van der Waals surface area contributed by atoms with Crippen LogP contribution in [0.15, 0.2) is 90.5 Å². The second-order valence-corrected chi connectivity index (χ2v) is 14.0. The summed E-state index contributed by atoms with van der Waals surface area (Å²) in [6.07, 6.45) is 7.56. The summed E-state index contributed by atoms with van der Waals surface area (Å²) in [6, 6.07) is 23.0. The number of halogens is 1. The van der Waals surface area contributed by atoms with E-state index in [-0.39, 0.29) is 47.8 Å². The molecule has 4 fully saturated rings. The first-order chi connectivity index (χ1) is 22.3. The van der Waals surface area contributed by atoms with E-state index in [2.05, 4.69) is 6.08 Å². The second-order valence-electron chi connectivity index (χ2n) is 13.5. The summed E-state index contributed by atoms with van der Waals surface area (Å²) >= 11 is 6.37. The molecule has 7 nitrogen and oxygen atoms in total. The number of nitrogens with zero attached hydrogens (tertiary/aromatic N) is 2. The third-order valence-corrected chi connectivity index (χ3v) is 11.6. The molecule has 8 rings (SSSR count). The van der Waals surface area contributed by atoms with Crippen LogP contribution in [0.5, 0.6) is 5.75 Å². The highest BCUT2D eigenvalue weighted by atomic mass is 35.5. The molecule has 0 aromatic heterocycles. The van der Waals surface area contributed by atoms with Gasteiger partial charge in [-0.3, -0.25) is 24.1 Å². The first-order valence-corrected chi connectivity index (χ1v) is 16.8. The Morgan fingerprint density at radius 3 is 2.24 bits per heavy atom. The fraction of sp³-hybridized carbons (Fsp3) is 0.368. The summed E-state index contributed by atoms with van der Waals surface area (Å²) in [5, 5.41) is 10.7. The predicted molar refractivity (Wildman–Crippen MR) is 173 cm³/mol. The van der Waals surface area contributed by atoms with Gasteiger partial charge >= 0.3 is 0 Å². The molecule has 1 N–H and O–H groups in total. The first kappa shape index (κ1) is 29.2. The van der Waals surface area contributed by atoms with Crippen LogP contribution in [0.3, 0.4) is 0 Å². The Labute approximate surface area is 272 Å². The van der Waals surface area contributed by atoms with Crippen LogP contribution in [-0.2, 0) is 24.6 Å². The average Bonchev–Trinajstić information content (AvgIpc) is 3.46. The molecule has 3 aliphatic carbocycles. The van der Waals surface area contributed by atoms with Gasteiger partial charge in [-0.2, -0.15) is 0 Å². The lowest BCUT2D eigenvalue weighted by Crippen LogP contribution is -2.53. The molecule has 6 atom stereocenters. The summed E-state index contributed by atoms with van der Waals surface area (Å²) in [5.41, 5.74) is 1.51. The Balaban J connectivity index is 1.33.